The molecule has 0 aliphatic carbocycles. The standard InChI is InChI=1S/C20H18ClFN4O3S2/c21-14-6-8-16(9-7-14)23-18(27)20-25-24-19(30-20)13-3-2-10-26(12-13)31(28,29)17-5-1-4-15(22)11-17/h1,4-9,11,13H,2-3,10,12H2,(H,23,27)/t13-/m0/s1. The average molecular weight is 481 g/mol. The van der Waals surface area contributed by atoms with E-state index in [4.69, 9.17) is 11.6 Å². The van der Waals surface area contributed by atoms with Crippen LogP contribution >= 0.6 is 22.9 Å². The second kappa shape index (κ2) is 8.99. The van der Waals surface area contributed by atoms with Gasteiger partial charge in [0.1, 0.15) is 10.8 Å². The molecule has 1 atom stereocenters. The van der Waals surface area contributed by atoms with Crippen LogP contribution in [0.3, 0.4) is 0 Å². The number of amides is 1. The third-order valence-corrected chi connectivity index (χ3v) is 8.10. The van der Waals surface area contributed by atoms with Gasteiger partial charge in [-0.1, -0.05) is 29.0 Å². The summed E-state index contributed by atoms with van der Waals surface area (Å²) in [5.74, 6) is -1.19. The van der Waals surface area contributed by atoms with Crippen LogP contribution in [0.5, 0.6) is 0 Å². The topological polar surface area (TPSA) is 92.3 Å². The summed E-state index contributed by atoms with van der Waals surface area (Å²) in [6, 6.07) is 11.7. The Hall–Kier alpha value is -2.40. The van der Waals surface area contributed by atoms with Gasteiger partial charge in [0.15, 0.2) is 0 Å². The van der Waals surface area contributed by atoms with Gasteiger partial charge in [0.05, 0.1) is 4.90 Å². The number of hydrogen-bond donors (Lipinski definition) is 1. The second-order valence-electron chi connectivity index (χ2n) is 7.07. The zero-order valence-electron chi connectivity index (χ0n) is 16.2. The molecule has 1 fully saturated rings. The van der Waals surface area contributed by atoms with Crippen molar-refractivity contribution in [2.24, 2.45) is 0 Å². The molecule has 1 aliphatic rings. The maximum absolute atomic E-state index is 13.5. The van der Waals surface area contributed by atoms with Crippen LogP contribution in [-0.2, 0) is 10.0 Å². The highest BCUT2D eigenvalue weighted by Crippen LogP contribution is 2.32. The molecule has 2 heterocycles. The lowest BCUT2D eigenvalue weighted by molar-refractivity contribution is 0.102. The number of nitrogens with zero attached hydrogens (tertiary/aromatic N) is 3. The first-order valence-corrected chi connectivity index (χ1v) is 12.1. The third-order valence-electron chi connectivity index (χ3n) is 4.90. The van der Waals surface area contributed by atoms with Crippen LogP contribution in [0.4, 0.5) is 10.1 Å². The highest BCUT2D eigenvalue weighted by atomic mass is 35.5. The molecule has 1 N–H and O–H groups in total. The largest absolute Gasteiger partial charge is 0.320 e. The highest BCUT2D eigenvalue weighted by Gasteiger charge is 2.33. The number of carbonyl (C=O) groups is 1. The summed E-state index contributed by atoms with van der Waals surface area (Å²) >= 11 is 6.99. The molecule has 1 aliphatic heterocycles. The first kappa shape index (κ1) is 21.8. The smallest absolute Gasteiger partial charge is 0.286 e. The van der Waals surface area contributed by atoms with E-state index < -0.39 is 21.7 Å². The van der Waals surface area contributed by atoms with Gasteiger partial charge in [0.25, 0.3) is 5.91 Å². The number of nitrogens with one attached hydrogen (secondary N) is 1. The van der Waals surface area contributed by atoms with E-state index in [0.717, 1.165) is 23.8 Å². The van der Waals surface area contributed by atoms with Gasteiger partial charge >= 0.3 is 0 Å². The number of benzene rings is 2. The van der Waals surface area contributed by atoms with Crippen molar-refractivity contribution in [1.82, 2.24) is 14.5 Å². The zero-order chi connectivity index (χ0) is 22.0. The maximum atomic E-state index is 13.5. The molecule has 0 spiro atoms. The fourth-order valence-corrected chi connectivity index (χ4v) is 5.89. The molecule has 3 aromatic rings. The lowest BCUT2D eigenvalue weighted by atomic mass is 10.0. The molecular formula is C20H18ClFN4O3S2. The molecule has 7 nitrogen and oxygen atoms in total. The maximum Gasteiger partial charge on any atom is 0.286 e. The number of carbonyl (C=O) groups excluding carboxylic acids is 1. The fourth-order valence-electron chi connectivity index (χ4n) is 3.35. The molecular weight excluding hydrogens is 463 g/mol. The van der Waals surface area contributed by atoms with E-state index >= 15 is 0 Å². The molecule has 2 aromatic carbocycles. The summed E-state index contributed by atoms with van der Waals surface area (Å²) in [5, 5.41) is 12.2. The van der Waals surface area contributed by atoms with E-state index in [0.29, 0.717) is 28.7 Å². The molecule has 0 saturated carbocycles. The van der Waals surface area contributed by atoms with Crippen molar-refractivity contribution in [2.45, 2.75) is 23.7 Å². The van der Waals surface area contributed by atoms with Crippen molar-refractivity contribution < 1.29 is 17.6 Å². The van der Waals surface area contributed by atoms with Crippen LogP contribution in [0.1, 0.15) is 33.6 Å². The predicted octanol–water partition coefficient (Wildman–Crippen LogP) is 4.15. The summed E-state index contributed by atoms with van der Waals surface area (Å²) in [4.78, 5) is 12.4. The average Bonchev–Trinajstić information content (AvgIpc) is 3.26. The summed E-state index contributed by atoms with van der Waals surface area (Å²) in [5.41, 5.74) is 0.580. The second-order valence-corrected chi connectivity index (χ2v) is 10.4. The monoisotopic (exact) mass is 480 g/mol. The Kier molecular flexibility index (Phi) is 6.33. The Labute approximate surface area is 187 Å². The van der Waals surface area contributed by atoms with Crippen molar-refractivity contribution in [3.05, 3.63) is 69.4 Å². The van der Waals surface area contributed by atoms with Gasteiger partial charge in [-0.2, -0.15) is 4.31 Å². The molecule has 1 amide bonds. The van der Waals surface area contributed by atoms with Gasteiger partial charge in [-0.15, -0.1) is 10.2 Å². The SMILES string of the molecule is O=C(Nc1ccc(Cl)cc1)c1nnc([C@H]2CCCN(S(=O)(=O)c3cccc(F)c3)C2)s1. The Balaban J connectivity index is 1.47. The lowest BCUT2D eigenvalue weighted by Crippen LogP contribution is -2.39. The minimum atomic E-state index is -3.82. The minimum Gasteiger partial charge on any atom is -0.320 e. The first-order valence-electron chi connectivity index (χ1n) is 9.49. The first-order chi connectivity index (χ1) is 14.8. The van der Waals surface area contributed by atoms with Crippen LogP contribution < -0.4 is 5.32 Å². The van der Waals surface area contributed by atoms with Crippen LogP contribution in [0, 0.1) is 5.82 Å². The van der Waals surface area contributed by atoms with E-state index in [1.165, 1.54) is 22.5 Å². The fraction of sp³-hybridized carbons (Fsp3) is 0.250. The molecule has 11 heteroatoms. The minimum absolute atomic E-state index is 0.0755. The number of halogens is 2. The normalized spacial score (nSPS) is 17.4. The molecule has 162 valence electrons. The lowest BCUT2D eigenvalue weighted by Gasteiger charge is -2.30. The van der Waals surface area contributed by atoms with Crippen molar-refractivity contribution in [3.8, 4) is 0 Å². The van der Waals surface area contributed by atoms with Crippen molar-refractivity contribution in [2.75, 3.05) is 18.4 Å². The molecule has 31 heavy (non-hydrogen) atoms. The zero-order valence-corrected chi connectivity index (χ0v) is 18.6. The van der Waals surface area contributed by atoms with E-state index in [1.54, 1.807) is 24.3 Å². The Morgan fingerprint density at radius 3 is 2.71 bits per heavy atom. The molecule has 0 radical (unpaired) electrons. The number of rotatable bonds is 5. The van der Waals surface area contributed by atoms with Gasteiger partial charge < -0.3 is 5.32 Å². The van der Waals surface area contributed by atoms with Crippen molar-refractivity contribution in [1.29, 1.82) is 0 Å². The molecule has 0 unspecified atom stereocenters. The van der Waals surface area contributed by atoms with Crippen molar-refractivity contribution in [3.63, 3.8) is 0 Å². The summed E-state index contributed by atoms with van der Waals surface area (Å²) in [6.07, 6.45) is 1.35. The van der Waals surface area contributed by atoms with E-state index in [-0.39, 0.29) is 22.4 Å². The summed E-state index contributed by atoms with van der Waals surface area (Å²) in [6.45, 7) is 0.546. The van der Waals surface area contributed by atoms with Gasteiger partial charge in [0, 0.05) is 29.7 Å². The van der Waals surface area contributed by atoms with Gasteiger partial charge in [-0.3, -0.25) is 4.79 Å². The van der Waals surface area contributed by atoms with Crippen LogP contribution in [0.25, 0.3) is 0 Å². The number of hydrogen-bond acceptors (Lipinski definition) is 6. The summed E-state index contributed by atoms with van der Waals surface area (Å²) in [7, 11) is -3.82. The van der Waals surface area contributed by atoms with Crippen LogP contribution in [0.15, 0.2) is 53.4 Å². The number of sulfonamides is 1. The van der Waals surface area contributed by atoms with Crippen LogP contribution in [-0.4, -0.2) is 41.9 Å². The van der Waals surface area contributed by atoms with Gasteiger partial charge in [-0.25, -0.2) is 12.8 Å². The predicted molar refractivity (Wildman–Crippen MR) is 116 cm³/mol. The van der Waals surface area contributed by atoms with E-state index in [2.05, 4.69) is 15.5 Å². The Morgan fingerprint density at radius 2 is 1.97 bits per heavy atom. The van der Waals surface area contributed by atoms with Crippen LogP contribution in [0.2, 0.25) is 5.02 Å². The molecule has 1 aromatic heterocycles. The van der Waals surface area contributed by atoms with E-state index in [9.17, 15) is 17.6 Å². The molecule has 0 bridgehead atoms. The van der Waals surface area contributed by atoms with Crippen molar-refractivity contribution >= 4 is 44.6 Å². The quantitative estimate of drug-likeness (QED) is 0.592. The Morgan fingerprint density at radius 1 is 1.19 bits per heavy atom. The molecule has 4 rings (SSSR count). The third kappa shape index (κ3) is 4.93. The number of aromatic nitrogens is 2. The highest BCUT2D eigenvalue weighted by molar-refractivity contribution is 7.89. The molecule has 1 saturated heterocycles. The van der Waals surface area contributed by atoms with Gasteiger partial charge in [-0.05, 0) is 55.3 Å². The Bertz CT molecular complexity index is 1200. The number of anilines is 1. The number of piperidine rings is 1. The van der Waals surface area contributed by atoms with E-state index in [1.807, 2.05) is 0 Å². The summed E-state index contributed by atoms with van der Waals surface area (Å²) < 4.78 is 40.7. The van der Waals surface area contributed by atoms with Gasteiger partial charge in [0.2, 0.25) is 15.0 Å².